The Balaban J connectivity index is 2.57. The number of nitrogens with one attached hydrogen (secondary N) is 1. The van der Waals surface area contributed by atoms with E-state index in [-0.39, 0.29) is 0 Å². The first-order valence-electron chi connectivity index (χ1n) is 4.33. The number of aromatic nitrogens is 5. The molecule has 0 atom stereocenters. The van der Waals surface area contributed by atoms with Crippen molar-refractivity contribution in [2.24, 2.45) is 5.84 Å². The highest BCUT2D eigenvalue weighted by Crippen LogP contribution is 2.17. The minimum atomic E-state index is 0.457. The van der Waals surface area contributed by atoms with Gasteiger partial charge in [0.15, 0.2) is 5.82 Å². The van der Waals surface area contributed by atoms with Gasteiger partial charge in [-0.3, -0.25) is 0 Å². The molecule has 3 aromatic rings. The van der Waals surface area contributed by atoms with E-state index in [1.54, 1.807) is 4.52 Å². The highest BCUT2D eigenvalue weighted by Gasteiger charge is 2.09. The lowest BCUT2D eigenvalue weighted by molar-refractivity contribution is 0.841. The summed E-state index contributed by atoms with van der Waals surface area (Å²) in [5, 5.41) is 11.3. The summed E-state index contributed by atoms with van der Waals surface area (Å²) >= 11 is 0. The number of fused-ring (bicyclic) bond motifs is 3. The molecule has 1 aromatic carbocycles. The molecule has 0 aliphatic rings. The number of rotatable bonds is 1. The topological polar surface area (TPSA) is 94.0 Å². The van der Waals surface area contributed by atoms with Crippen LogP contribution in [0.1, 0.15) is 0 Å². The summed E-state index contributed by atoms with van der Waals surface area (Å²) in [5.74, 6) is 5.80. The van der Waals surface area contributed by atoms with Crippen LogP contribution < -0.4 is 11.3 Å². The molecule has 0 aliphatic carbocycles. The Morgan fingerprint density at radius 1 is 1.27 bits per heavy atom. The molecule has 0 aliphatic heterocycles. The second-order valence-electron chi connectivity index (χ2n) is 3.01. The molecule has 0 saturated carbocycles. The molecule has 0 amide bonds. The van der Waals surface area contributed by atoms with Crippen LogP contribution in [0.15, 0.2) is 24.3 Å². The average Bonchev–Trinajstić information content (AvgIpc) is 2.77. The van der Waals surface area contributed by atoms with Crippen molar-refractivity contribution < 1.29 is 0 Å². The average molecular weight is 201 g/mol. The Morgan fingerprint density at radius 2 is 2.13 bits per heavy atom. The molecule has 2 aromatic heterocycles. The largest absolute Gasteiger partial charge is 0.305 e. The third kappa shape index (κ3) is 1.03. The van der Waals surface area contributed by atoms with E-state index in [4.69, 9.17) is 5.84 Å². The smallest absolute Gasteiger partial charge is 0.223 e. The zero-order valence-electron chi connectivity index (χ0n) is 7.62. The number of nitrogens with two attached hydrogens (primary N) is 1. The van der Waals surface area contributed by atoms with Gasteiger partial charge in [0.05, 0.1) is 11.0 Å². The van der Waals surface area contributed by atoms with Gasteiger partial charge in [-0.15, -0.1) is 5.10 Å². The van der Waals surface area contributed by atoms with E-state index < -0.39 is 0 Å². The van der Waals surface area contributed by atoms with Crippen molar-refractivity contribution in [1.82, 2.24) is 25.0 Å². The quantitative estimate of drug-likeness (QED) is 0.423. The number of para-hydroxylation sites is 2. The van der Waals surface area contributed by atoms with Crippen LogP contribution in [0.25, 0.3) is 16.7 Å². The number of anilines is 1. The Labute approximate surface area is 83.9 Å². The van der Waals surface area contributed by atoms with Crippen molar-refractivity contribution in [1.29, 1.82) is 0 Å². The number of hydrogen-bond donors (Lipinski definition) is 2. The number of tetrazole rings is 1. The first kappa shape index (κ1) is 8.06. The standard InChI is InChI=1S/C8H7N7/c9-11-7-8-12-13-14-15(8)6-4-2-1-3-5(6)10-7/h1-4H,9H2,(H,10,11). The van der Waals surface area contributed by atoms with Crippen LogP contribution in [-0.2, 0) is 0 Å². The highest BCUT2D eigenvalue weighted by molar-refractivity contribution is 5.81. The molecule has 3 N–H and O–H groups in total. The molecule has 0 radical (unpaired) electrons. The van der Waals surface area contributed by atoms with Crippen LogP contribution in [0.4, 0.5) is 5.82 Å². The predicted octanol–water partition coefficient (Wildman–Crippen LogP) is -0.0419. The number of nitrogens with zero attached hydrogens (tertiary/aromatic N) is 5. The molecule has 74 valence electrons. The van der Waals surface area contributed by atoms with Gasteiger partial charge in [-0.05, 0) is 22.6 Å². The van der Waals surface area contributed by atoms with Gasteiger partial charge in [0.2, 0.25) is 5.65 Å². The van der Waals surface area contributed by atoms with Crippen LogP contribution in [0.3, 0.4) is 0 Å². The van der Waals surface area contributed by atoms with E-state index in [0.717, 1.165) is 11.0 Å². The van der Waals surface area contributed by atoms with Crippen LogP contribution in [0, 0.1) is 0 Å². The summed E-state index contributed by atoms with van der Waals surface area (Å²) in [6.45, 7) is 0. The van der Waals surface area contributed by atoms with Crippen molar-refractivity contribution in [3.8, 4) is 0 Å². The SMILES string of the molecule is NNc1nc2ccccc2n2nnnc12. The molecule has 0 saturated heterocycles. The lowest BCUT2D eigenvalue weighted by Crippen LogP contribution is -2.11. The number of nitrogen functional groups attached to an aromatic ring is 1. The Morgan fingerprint density at radius 3 is 3.00 bits per heavy atom. The highest BCUT2D eigenvalue weighted by atomic mass is 15.5. The van der Waals surface area contributed by atoms with E-state index in [2.05, 4.69) is 25.9 Å². The molecule has 7 heteroatoms. The fraction of sp³-hybridized carbons (Fsp3) is 0. The van der Waals surface area contributed by atoms with E-state index in [1.807, 2.05) is 24.3 Å². The Kier molecular flexibility index (Phi) is 1.53. The Bertz CT molecular complexity index is 629. The third-order valence-corrected chi connectivity index (χ3v) is 2.16. The van der Waals surface area contributed by atoms with Crippen molar-refractivity contribution in [3.05, 3.63) is 24.3 Å². The summed E-state index contributed by atoms with van der Waals surface area (Å²) < 4.78 is 1.59. The molecule has 7 nitrogen and oxygen atoms in total. The molecule has 2 heterocycles. The number of hydrogen-bond acceptors (Lipinski definition) is 6. The Hall–Kier alpha value is -2.28. The maximum absolute atomic E-state index is 5.34. The zero-order chi connectivity index (χ0) is 10.3. The van der Waals surface area contributed by atoms with Crippen LogP contribution in [0.5, 0.6) is 0 Å². The maximum Gasteiger partial charge on any atom is 0.223 e. The molecular weight excluding hydrogens is 194 g/mol. The van der Waals surface area contributed by atoms with Crippen molar-refractivity contribution >= 4 is 22.5 Å². The van der Waals surface area contributed by atoms with E-state index in [1.165, 1.54) is 0 Å². The first-order valence-corrected chi connectivity index (χ1v) is 4.33. The molecule has 3 rings (SSSR count). The van der Waals surface area contributed by atoms with Crippen molar-refractivity contribution in [2.45, 2.75) is 0 Å². The van der Waals surface area contributed by atoms with Crippen LogP contribution >= 0.6 is 0 Å². The van der Waals surface area contributed by atoms with Crippen LogP contribution in [0.2, 0.25) is 0 Å². The van der Waals surface area contributed by atoms with Gasteiger partial charge in [-0.25, -0.2) is 10.8 Å². The normalized spacial score (nSPS) is 11.0. The van der Waals surface area contributed by atoms with Gasteiger partial charge in [0.25, 0.3) is 0 Å². The zero-order valence-corrected chi connectivity index (χ0v) is 7.62. The molecule has 0 fully saturated rings. The van der Waals surface area contributed by atoms with Gasteiger partial charge >= 0.3 is 0 Å². The van der Waals surface area contributed by atoms with Gasteiger partial charge in [-0.1, -0.05) is 12.1 Å². The lowest BCUT2D eigenvalue weighted by atomic mass is 10.3. The summed E-state index contributed by atoms with van der Waals surface area (Å²) in [7, 11) is 0. The second-order valence-corrected chi connectivity index (χ2v) is 3.01. The van der Waals surface area contributed by atoms with Crippen LogP contribution in [-0.4, -0.2) is 25.0 Å². The fourth-order valence-corrected chi connectivity index (χ4v) is 1.50. The van der Waals surface area contributed by atoms with Crippen molar-refractivity contribution in [3.63, 3.8) is 0 Å². The van der Waals surface area contributed by atoms with Gasteiger partial charge in [-0.2, -0.15) is 4.52 Å². The van der Waals surface area contributed by atoms with E-state index in [9.17, 15) is 0 Å². The minimum absolute atomic E-state index is 0.457. The second kappa shape index (κ2) is 2.85. The molecule has 0 bridgehead atoms. The summed E-state index contributed by atoms with van der Waals surface area (Å²) in [6.07, 6.45) is 0. The lowest BCUT2D eigenvalue weighted by Gasteiger charge is -2.03. The molecule has 0 spiro atoms. The van der Waals surface area contributed by atoms with Gasteiger partial charge in [0, 0.05) is 0 Å². The van der Waals surface area contributed by atoms with Gasteiger partial charge < -0.3 is 5.43 Å². The third-order valence-electron chi connectivity index (χ3n) is 2.16. The molecule has 0 unspecified atom stereocenters. The molecule has 15 heavy (non-hydrogen) atoms. The minimum Gasteiger partial charge on any atom is -0.305 e. The summed E-state index contributed by atoms with van der Waals surface area (Å²) in [6, 6.07) is 7.57. The predicted molar refractivity (Wildman–Crippen MR) is 53.9 cm³/mol. The van der Waals surface area contributed by atoms with E-state index in [0.29, 0.717) is 11.5 Å². The summed E-state index contributed by atoms with van der Waals surface area (Å²) in [5.41, 5.74) is 4.61. The van der Waals surface area contributed by atoms with E-state index >= 15 is 0 Å². The monoisotopic (exact) mass is 201 g/mol. The summed E-state index contributed by atoms with van der Waals surface area (Å²) in [4.78, 5) is 4.29. The molecular formula is C8H7N7. The number of benzene rings is 1. The van der Waals surface area contributed by atoms with Crippen molar-refractivity contribution in [2.75, 3.05) is 5.43 Å². The number of hydrazine groups is 1. The van der Waals surface area contributed by atoms with Gasteiger partial charge in [0.1, 0.15) is 0 Å². The first-order chi connectivity index (χ1) is 7.40. The maximum atomic E-state index is 5.34. The fourth-order valence-electron chi connectivity index (χ4n) is 1.50.